The third-order valence-electron chi connectivity index (χ3n) is 4.43. The SMILES string of the molecule is Cc1cccc(C)c1OCCCOc1ccccc1C=NNC(=O)c1ccncc1. The fourth-order valence-corrected chi connectivity index (χ4v) is 2.89. The van der Waals surface area contributed by atoms with Gasteiger partial charge in [-0.05, 0) is 49.2 Å². The van der Waals surface area contributed by atoms with Crippen LogP contribution in [0.15, 0.2) is 72.1 Å². The minimum Gasteiger partial charge on any atom is -0.493 e. The zero-order chi connectivity index (χ0) is 21.2. The fourth-order valence-electron chi connectivity index (χ4n) is 2.89. The van der Waals surface area contributed by atoms with Gasteiger partial charge in [-0.3, -0.25) is 9.78 Å². The Kier molecular flexibility index (Phi) is 7.55. The molecule has 1 N–H and O–H groups in total. The number of ether oxygens (including phenoxy) is 2. The first kappa shape index (κ1) is 21.0. The maximum Gasteiger partial charge on any atom is 0.271 e. The highest BCUT2D eigenvalue weighted by Crippen LogP contribution is 2.22. The van der Waals surface area contributed by atoms with Gasteiger partial charge < -0.3 is 9.47 Å². The van der Waals surface area contributed by atoms with Crippen LogP contribution in [0.25, 0.3) is 0 Å². The first-order chi connectivity index (χ1) is 14.6. The van der Waals surface area contributed by atoms with Crippen LogP contribution in [-0.2, 0) is 0 Å². The van der Waals surface area contributed by atoms with E-state index in [2.05, 4.69) is 15.5 Å². The number of aromatic nitrogens is 1. The molecule has 0 aliphatic heterocycles. The Morgan fingerprint density at radius 1 is 0.967 bits per heavy atom. The normalized spacial score (nSPS) is 10.7. The van der Waals surface area contributed by atoms with E-state index in [9.17, 15) is 4.79 Å². The average Bonchev–Trinajstić information content (AvgIpc) is 2.77. The second-order valence-corrected chi connectivity index (χ2v) is 6.74. The summed E-state index contributed by atoms with van der Waals surface area (Å²) in [5.41, 5.74) is 6.05. The van der Waals surface area contributed by atoms with Crippen LogP contribution in [0.3, 0.4) is 0 Å². The minimum atomic E-state index is -0.296. The topological polar surface area (TPSA) is 72.8 Å². The predicted octanol–water partition coefficient (Wildman–Crippen LogP) is 4.31. The highest BCUT2D eigenvalue weighted by molar-refractivity contribution is 5.94. The van der Waals surface area contributed by atoms with Gasteiger partial charge in [0.2, 0.25) is 0 Å². The number of aryl methyl sites for hydroxylation is 2. The maximum absolute atomic E-state index is 12.0. The highest BCUT2D eigenvalue weighted by atomic mass is 16.5. The second-order valence-electron chi connectivity index (χ2n) is 6.74. The van der Waals surface area contributed by atoms with Gasteiger partial charge >= 0.3 is 0 Å². The molecule has 0 saturated carbocycles. The summed E-state index contributed by atoms with van der Waals surface area (Å²) in [4.78, 5) is 15.9. The van der Waals surface area contributed by atoms with Gasteiger partial charge in [0.1, 0.15) is 11.5 Å². The van der Waals surface area contributed by atoms with E-state index in [0.717, 1.165) is 28.9 Å². The highest BCUT2D eigenvalue weighted by Gasteiger charge is 2.05. The molecule has 1 heterocycles. The molecule has 3 aromatic rings. The van der Waals surface area contributed by atoms with Crippen molar-refractivity contribution in [2.75, 3.05) is 13.2 Å². The standard InChI is InChI=1S/C24H25N3O3/c1-18-7-5-8-19(2)23(18)30-16-6-15-29-22-10-4-3-9-21(22)17-26-27-24(28)20-11-13-25-14-12-20/h3-5,7-14,17H,6,15-16H2,1-2H3,(H,27,28). The lowest BCUT2D eigenvalue weighted by Gasteiger charge is -2.13. The van der Waals surface area contributed by atoms with Crippen molar-refractivity contribution >= 4 is 12.1 Å². The number of benzene rings is 2. The lowest BCUT2D eigenvalue weighted by Crippen LogP contribution is -2.17. The molecule has 6 nitrogen and oxygen atoms in total. The Labute approximate surface area is 176 Å². The minimum absolute atomic E-state index is 0.296. The van der Waals surface area contributed by atoms with Crippen molar-refractivity contribution in [3.05, 3.63) is 89.2 Å². The summed E-state index contributed by atoms with van der Waals surface area (Å²) in [6, 6.07) is 16.9. The largest absolute Gasteiger partial charge is 0.493 e. The number of carbonyl (C=O) groups is 1. The molecular formula is C24H25N3O3. The summed E-state index contributed by atoms with van der Waals surface area (Å²) >= 11 is 0. The smallest absolute Gasteiger partial charge is 0.271 e. The van der Waals surface area contributed by atoms with Crippen LogP contribution >= 0.6 is 0 Å². The lowest BCUT2D eigenvalue weighted by atomic mass is 10.1. The molecule has 0 aliphatic rings. The summed E-state index contributed by atoms with van der Waals surface area (Å²) < 4.78 is 11.8. The third-order valence-corrected chi connectivity index (χ3v) is 4.43. The Bertz CT molecular complexity index is 983. The molecule has 0 radical (unpaired) electrons. The van der Waals surface area contributed by atoms with Crippen LogP contribution in [-0.4, -0.2) is 30.3 Å². The maximum atomic E-state index is 12.0. The van der Waals surface area contributed by atoms with E-state index >= 15 is 0 Å². The molecule has 0 aliphatic carbocycles. The number of carbonyl (C=O) groups excluding carboxylic acids is 1. The summed E-state index contributed by atoms with van der Waals surface area (Å²) in [6.45, 7) is 5.17. The molecule has 0 unspecified atom stereocenters. The summed E-state index contributed by atoms with van der Waals surface area (Å²) in [5, 5.41) is 4.03. The van der Waals surface area contributed by atoms with E-state index < -0.39 is 0 Å². The first-order valence-corrected chi connectivity index (χ1v) is 9.79. The Balaban J connectivity index is 1.48. The van der Waals surface area contributed by atoms with Gasteiger partial charge in [0.05, 0.1) is 19.4 Å². The Hall–Kier alpha value is -3.67. The molecule has 0 fully saturated rings. The van der Waals surface area contributed by atoms with Gasteiger partial charge in [0.15, 0.2) is 0 Å². The van der Waals surface area contributed by atoms with Crippen LogP contribution in [0.5, 0.6) is 11.5 Å². The second kappa shape index (κ2) is 10.8. The van der Waals surface area contributed by atoms with E-state index in [-0.39, 0.29) is 5.91 Å². The number of pyridine rings is 1. The van der Waals surface area contributed by atoms with Crippen LogP contribution in [0.1, 0.15) is 33.5 Å². The van der Waals surface area contributed by atoms with Crippen LogP contribution in [0.2, 0.25) is 0 Å². The third kappa shape index (κ3) is 5.91. The predicted molar refractivity (Wildman–Crippen MR) is 117 cm³/mol. The number of hydrogen-bond acceptors (Lipinski definition) is 5. The zero-order valence-corrected chi connectivity index (χ0v) is 17.2. The molecule has 3 rings (SSSR count). The van der Waals surface area contributed by atoms with Crippen molar-refractivity contribution in [2.45, 2.75) is 20.3 Å². The van der Waals surface area contributed by atoms with Crippen molar-refractivity contribution in [1.29, 1.82) is 0 Å². The molecule has 154 valence electrons. The van der Waals surface area contributed by atoms with Gasteiger partial charge in [0.25, 0.3) is 5.91 Å². The summed E-state index contributed by atoms with van der Waals surface area (Å²) in [5.74, 6) is 1.34. The van der Waals surface area contributed by atoms with E-state index in [0.29, 0.717) is 24.5 Å². The number of nitrogens with zero attached hydrogens (tertiary/aromatic N) is 2. The quantitative estimate of drug-likeness (QED) is 0.328. The van der Waals surface area contributed by atoms with Crippen molar-refractivity contribution < 1.29 is 14.3 Å². The number of nitrogens with one attached hydrogen (secondary N) is 1. The van der Waals surface area contributed by atoms with E-state index in [1.54, 1.807) is 30.7 Å². The van der Waals surface area contributed by atoms with Crippen LogP contribution in [0.4, 0.5) is 0 Å². The average molecular weight is 403 g/mol. The summed E-state index contributed by atoms with van der Waals surface area (Å²) in [6.07, 6.45) is 5.44. The molecule has 2 aromatic carbocycles. The van der Waals surface area contributed by atoms with Crippen molar-refractivity contribution in [3.8, 4) is 11.5 Å². The van der Waals surface area contributed by atoms with Crippen molar-refractivity contribution in [3.63, 3.8) is 0 Å². The van der Waals surface area contributed by atoms with Gasteiger partial charge in [-0.1, -0.05) is 30.3 Å². The van der Waals surface area contributed by atoms with Crippen molar-refractivity contribution in [2.24, 2.45) is 5.10 Å². The molecule has 30 heavy (non-hydrogen) atoms. The number of amides is 1. The molecular weight excluding hydrogens is 378 g/mol. The van der Waals surface area contributed by atoms with E-state index in [1.165, 1.54) is 0 Å². The van der Waals surface area contributed by atoms with Gasteiger partial charge in [-0.25, -0.2) is 5.43 Å². The zero-order valence-electron chi connectivity index (χ0n) is 17.2. The number of para-hydroxylation sites is 2. The van der Waals surface area contributed by atoms with Crippen LogP contribution < -0.4 is 14.9 Å². The van der Waals surface area contributed by atoms with Crippen molar-refractivity contribution in [1.82, 2.24) is 10.4 Å². The van der Waals surface area contributed by atoms with Gasteiger partial charge in [-0.2, -0.15) is 5.10 Å². The first-order valence-electron chi connectivity index (χ1n) is 9.79. The molecule has 0 spiro atoms. The van der Waals surface area contributed by atoms with E-state index in [1.807, 2.05) is 56.3 Å². The van der Waals surface area contributed by atoms with Gasteiger partial charge in [0, 0.05) is 29.9 Å². The number of rotatable bonds is 9. The number of hydrazone groups is 1. The monoisotopic (exact) mass is 403 g/mol. The lowest BCUT2D eigenvalue weighted by molar-refractivity contribution is 0.0955. The Morgan fingerprint density at radius 2 is 1.67 bits per heavy atom. The molecule has 0 bridgehead atoms. The molecule has 1 amide bonds. The van der Waals surface area contributed by atoms with Crippen LogP contribution in [0, 0.1) is 13.8 Å². The summed E-state index contributed by atoms with van der Waals surface area (Å²) in [7, 11) is 0. The molecule has 0 saturated heterocycles. The molecule has 0 atom stereocenters. The van der Waals surface area contributed by atoms with E-state index in [4.69, 9.17) is 9.47 Å². The Morgan fingerprint density at radius 3 is 2.43 bits per heavy atom. The molecule has 1 aromatic heterocycles. The molecule has 6 heteroatoms. The fraction of sp³-hybridized carbons (Fsp3) is 0.208. The number of hydrogen-bond donors (Lipinski definition) is 1. The van der Waals surface area contributed by atoms with Gasteiger partial charge in [-0.15, -0.1) is 0 Å².